The van der Waals surface area contributed by atoms with Gasteiger partial charge in [0.25, 0.3) is 0 Å². The van der Waals surface area contributed by atoms with Crippen LogP contribution in [0.5, 0.6) is 0 Å². The van der Waals surface area contributed by atoms with E-state index in [-0.39, 0.29) is 11.7 Å². The summed E-state index contributed by atoms with van der Waals surface area (Å²) in [5.41, 5.74) is -0.0608. The Balaban J connectivity index is 1.45. The Morgan fingerprint density at radius 2 is 1.95 bits per heavy atom. The maximum Gasteiger partial charge on any atom is 0.0940 e. The molecule has 3 rings (SSSR count). The van der Waals surface area contributed by atoms with Gasteiger partial charge in [0.2, 0.25) is 0 Å². The average Bonchev–Trinajstić information content (AvgIpc) is 2.93. The first-order chi connectivity index (χ1) is 9.77. The van der Waals surface area contributed by atoms with Gasteiger partial charge in [-0.25, -0.2) is 0 Å². The summed E-state index contributed by atoms with van der Waals surface area (Å²) in [6.07, 6.45) is 12.1. The molecule has 3 fully saturated rings. The molecule has 3 nitrogen and oxygen atoms in total. The largest absolute Gasteiger partial charge is 0.393 e. The molecule has 2 aliphatic heterocycles. The Morgan fingerprint density at radius 1 is 1.10 bits per heavy atom. The SMILES string of the molecule is OC(CCC1CCCCC1)C1CCOC2(CCOC2)C1. The molecule has 1 aliphatic carbocycles. The summed E-state index contributed by atoms with van der Waals surface area (Å²) < 4.78 is 11.5. The number of aliphatic hydroxyl groups is 1. The molecule has 1 saturated carbocycles. The number of ether oxygens (including phenoxy) is 2. The number of hydrogen-bond acceptors (Lipinski definition) is 3. The van der Waals surface area contributed by atoms with Gasteiger partial charge in [-0.05, 0) is 37.5 Å². The summed E-state index contributed by atoms with van der Waals surface area (Å²) in [7, 11) is 0. The Labute approximate surface area is 123 Å². The van der Waals surface area contributed by atoms with Crippen molar-refractivity contribution in [2.75, 3.05) is 19.8 Å². The summed E-state index contributed by atoms with van der Waals surface area (Å²) >= 11 is 0. The minimum atomic E-state index is -0.127. The monoisotopic (exact) mass is 282 g/mol. The highest BCUT2D eigenvalue weighted by atomic mass is 16.6. The molecule has 116 valence electrons. The van der Waals surface area contributed by atoms with Crippen molar-refractivity contribution in [3.63, 3.8) is 0 Å². The molecule has 2 saturated heterocycles. The van der Waals surface area contributed by atoms with Crippen LogP contribution in [0.3, 0.4) is 0 Å². The van der Waals surface area contributed by atoms with Gasteiger partial charge in [-0.1, -0.05) is 32.1 Å². The maximum atomic E-state index is 10.6. The highest BCUT2D eigenvalue weighted by Gasteiger charge is 2.42. The van der Waals surface area contributed by atoms with Gasteiger partial charge in [0.05, 0.1) is 18.3 Å². The minimum absolute atomic E-state index is 0.0608. The van der Waals surface area contributed by atoms with Crippen molar-refractivity contribution in [3.8, 4) is 0 Å². The van der Waals surface area contributed by atoms with Crippen molar-refractivity contribution in [2.45, 2.75) is 75.9 Å². The lowest BCUT2D eigenvalue weighted by Gasteiger charge is -2.39. The third-order valence-corrected chi connectivity index (χ3v) is 5.74. The molecule has 3 unspecified atom stereocenters. The fourth-order valence-electron chi connectivity index (χ4n) is 4.38. The third-order valence-electron chi connectivity index (χ3n) is 5.74. The molecular formula is C17H30O3. The van der Waals surface area contributed by atoms with Crippen LogP contribution in [-0.2, 0) is 9.47 Å². The van der Waals surface area contributed by atoms with E-state index in [1.165, 1.54) is 38.5 Å². The molecule has 0 aromatic heterocycles. The topological polar surface area (TPSA) is 38.7 Å². The molecular weight excluding hydrogens is 252 g/mol. The maximum absolute atomic E-state index is 10.6. The van der Waals surface area contributed by atoms with Crippen molar-refractivity contribution >= 4 is 0 Å². The highest BCUT2D eigenvalue weighted by molar-refractivity contribution is 4.92. The van der Waals surface area contributed by atoms with Gasteiger partial charge in [0.1, 0.15) is 0 Å². The molecule has 0 radical (unpaired) electrons. The lowest BCUT2D eigenvalue weighted by atomic mass is 9.79. The van der Waals surface area contributed by atoms with E-state index < -0.39 is 0 Å². The van der Waals surface area contributed by atoms with E-state index in [0.29, 0.717) is 5.92 Å². The molecule has 3 heteroatoms. The number of aliphatic hydroxyl groups excluding tert-OH is 1. The fraction of sp³-hybridized carbons (Fsp3) is 1.00. The normalized spacial score (nSPS) is 37.4. The van der Waals surface area contributed by atoms with E-state index in [2.05, 4.69) is 0 Å². The van der Waals surface area contributed by atoms with Gasteiger partial charge in [0.15, 0.2) is 0 Å². The second-order valence-corrected chi connectivity index (χ2v) is 7.24. The summed E-state index contributed by atoms with van der Waals surface area (Å²) in [6.45, 7) is 2.36. The van der Waals surface area contributed by atoms with Crippen LogP contribution in [0.15, 0.2) is 0 Å². The lowest BCUT2D eigenvalue weighted by Crippen LogP contribution is -2.43. The van der Waals surface area contributed by atoms with Crippen LogP contribution < -0.4 is 0 Å². The first kappa shape index (κ1) is 14.8. The van der Waals surface area contributed by atoms with Gasteiger partial charge >= 0.3 is 0 Å². The summed E-state index contributed by atoms with van der Waals surface area (Å²) in [5.74, 6) is 1.30. The predicted molar refractivity (Wildman–Crippen MR) is 78.7 cm³/mol. The Morgan fingerprint density at radius 3 is 2.70 bits per heavy atom. The first-order valence-corrected chi connectivity index (χ1v) is 8.67. The first-order valence-electron chi connectivity index (χ1n) is 8.67. The zero-order chi connectivity index (χ0) is 13.8. The molecule has 0 aromatic carbocycles. The van der Waals surface area contributed by atoms with Crippen LogP contribution in [0.1, 0.15) is 64.2 Å². The molecule has 1 N–H and O–H groups in total. The quantitative estimate of drug-likeness (QED) is 0.860. The zero-order valence-corrected chi connectivity index (χ0v) is 12.7. The summed E-state index contributed by atoms with van der Waals surface area (Å²) in [5, 5.41) is 10.6. The Bertz CT molecular complexity index is 293. The second kappa shape index (κ2) is 6.76. The molecule has 2 heterocycles. The lowest BCUT2D eigenvalue weighted by molar-refractivity contribution is -0.117. The Kier molecular flexibility index (Phi) is 5.00. The Hall–Kier alpha value is -0.120. The van der Waals surface area contributed by atoms with Crippen molar-refractivity contribution < 1.29 is 14.6 Å². The standard InChI is InChI=1S/C17H30O3/c18-16(7-6-14-4-2-1-3-5-14)15-8-10-20-17(12-15)9-11-19-13-17/h14-16,18H,1-13H2. The molecule has 20 heavy (non-hydrogen) atoms. The summed E-state index contributed by atoms with van der Waals surface area (Å²) in [4.78, 5) is 0. The minimum Gasteiger partial charge on any atom is -0.393 e. The molecule has 3 atom stereocenters. The van der Waals surface area contributed by atoms with Gasteiger partial charge in [0, 0.05) is 19.6 Å². The molecule has 0 aromatic rings. The van der Waals surface area contributed by atoms with Gasteiger partial charge < -0.3 is 14.6 Å². The van der Waals surface area contributed by atoms with Crippen LogP contribution in [0.2, 0.25) is 0 Å². The van der Waals surface area contributed by atoms with Crippen LogP contribution >= 0.6 is 0 Å². The van der Waals surface area contributed by atoms with Gasteiger partial charge in [-0.15, -0.1) is 0 Å². The predicted octanol–water partition coefficient (Wildman–Crippen LogP) is 3.29. The van der Waals surface area contributed by atoms with E-state index in [4.69, 9.17) is 9.47 Å². The van der Waals surface area contributed by atoms with Crippen molar-refractivity contribution in [1.82, 2.24) is 0 Å². The van der Waals surface area contributed by atoms with E-state index in [9.17, 15) is 5.11 Å². The molecule has 3 aliphatic rings. The molecule has 1 spiro atoms. The average molecular weight is 282 g/mol. The highest BCUT2D eigenvalue weighted by Crippen LogP contribution is 2.38. The van der Waals surface area contributed by atoms with Crippen molar-refractivity contribution in [2.24, 2.45) is 11.8 Å². The fourth-order valence-corrected chi connectivity index (χ4v) is 4.38. The van der Waals surface area contributed by atoms with Crippen LogP contribution in [0, 0.1) is 11.8 Å². The van der Waals surface area contributed by atoms with E-state index in [1.54, 1.807) is 0 Å². The van der Waals surface area contributed by atoms with Gasteiger partial charge in [-0.2, -0.15) is 0 Å². The number of rotatable bonds is 4. The smallest absolute Gasteiger partial charge is 0.0940 e. The van der Waals surface area contributed by atoms with Crippen molar-refractivity contribution in [3.05, 3.63) is 0 Å². The second-order valence-electron chi connectivity index (χ2n) is 7.24. The van der Waals surface area contributed by atoms with Gasteiger partial charge in [-0.3, -0.25) is 0 Å². The molecule has 0 bridgehead atoms. The van der Waals surface area contributed by atoms with E-state index in [0.717, 1.165) is 51.4 Å². The van der Waals surface area contributed by atoms with E-state index in [1.807, 2.05) is 0 Å². The van der Waals surface area contributed by atoms with Crippen LogP contribution in [0.4, 0.5) is 0 Å². The number of hydrogen-bond donors (Lipinski definition) is 1. The van der Waals surface area contributed by atoms with Crippen LogP contribution in [0.25, 0.3) is 0 Å². The van der Waals surface area contributed by atoms with Crippen molar-refractivity contribution in [1.29, 1.82) is 0 Å². The summed E-state index contributed by atoms with van der Waals surface area (Å²) in [6, 6.07) is 0. The molecule has 0 amide bonds. The van der Waals surface area contributed by atoms with E-state index >= 15 is 0 Å². The van der Waals surface area contributed by atoms with Crippen LogP contribution in [-0.4, -0.2) is 36.6 Å². The third kappa shape index (κ3) is 3.55. The zero-order valence-electron chi connectivity index (χ0n) is 12.7.